The second-order valence-electron chi connectivity index (χ2n) is 18.3. The van der Waals surface area contributed by atoms with Crippen LogP contribution in [0.4, 0.5) is 4.79 Å². The van der Waals surface area contributed by atoms with Gasteiger partial charge in [-0.05, 0) is 117 Å². The van der Waals surface area contributed by atoms with E-state index in [0.29, 0.717) is 49.4 Å². The van der Waals surface area contributed by atoms with Crippen LogP contribution < -0.4 is 14.8 Å². The zero-order valence-electron chi connectivity index (χ0n) is 37.8. The number of hydrogen-bond acceptors (Lipinski definition) is 9. The molecule has 0 aromatic heterocycles. The summed E-state index contributed by atoms with van der Waals surface area (Å²) in [5.41, 5.74) is 3.43. The van der Waals surface area contributed by atoms with Crippen LogP contribution in [-0.2, 0) is 16.1 Å². The van der Waals surface area contributed by atoms with Crippen molar-refractivity contribution < 1.29 is 38.9 Å². The Morgan fingerprint density at radius 3 is 2.39 bits per heavy atom. The van der Waals surface area contributed by atoms with E-state index in [4.69, 9.17) is 24.2 Å². The highest BCUT2D eigenvalue weighted by molar-refractivity contribution is 6.04. The van der Waals surface area contributed by atoms with E-state index in [0.717, 1.165) is 58.9 Å². The molecular formula is C53H65N3O8. The van der Waals surface area contributed by atoms with Crippen LogP contribution >= 0.6 is 0 Å². The molecule has 3 aliphatic rings. The number of nitrogens with zero attached hydrogens (tertiary/aromatic N) is 2. The van der Waals surface area contributed by atoms with Gasteiger partial charge in [0.15, 0.2) is 0 Å². The van der Waals surface area contributed by atoms with Gasteiger partial charge in [0.05, 0.1) is 18.2 Å². The first-order valence-electron chi connectivity index (χ1n) is 23.1. The van der Waals surface area contributed by atoms with E-state index in [2.05, 4.69) is 24.9 Å². The maximum Gasteiger partial charge on any atom is 0.412 e. The number of benzene rings is 4. The molecule has 11 heteroatoms. The molecule has 0 saturated heterocycles. The number of oxime groups is 1. The first-order chi connectivity index (χ1) is 31.0. The maximum absolute atomic E-state index is 15.2. The third-order valence-corrected chi connectivity index (χ3v) is 12.7. The van der Waals surface area contributed by atoms with Gasteiger partial charge < -0.3 is 39.5 Å². The number of rotatable bonds is 19. The summed E-state index contributed by atoms with van der Waals surface area (Å²) in [7, 11) is 0. The Morgan fingerprint density at radius 2 is 1.67 bits per heavy atom. The molecule has 4 aromatic carbocycles. The first-order valence-corrected chi connectivity index (χ1v) is 23.1. The van der Waals surface area contributed by atoms with Gasteiger partial charge in [0.2, 0.25) is 5.79 Å². The third kappa shape index (κ3) is 10.4. The first kappa shape index (κ1) is 46.5. The Bertz CT molecular complexity index is 2300. The van der Waals surface area contributed by atoms with E-state index in [1.807, 2.05) is 111 Å². The summed E-state index contributed by atoms with van der Waals surface area (Å²) >= 11 is 0. The number of ether oxygens (including phenoxy) is 3. The lowest BCUT2D eigenvalue weighted by molar-refractivity contribution is -0.254. The van der Waals surface area contributed by atoms with Crippen molar-refractivity contribution >= 4 is 28.5 Å². The van der Waals surface area contributed by atoms with Crippen LogP contribution in [0.5, 0.6) is 11.5 Å². The average molecular weight is 872 g/mol. The zero-order valence-corrected chi connectivity index (χ0v) is 37.8. The molecule has 2 amide bonds. The number of carbonyl (C=O) groups is 2. The molecule has 3 N–H and O–H groups in total. The number of amides is 2. The molecule has 0 spiro atoms. The van der Waals surface area contributed by atoms with Crippen molar-refractivity contribution in [1.82, 2.24) is 10.2 Å². The molecule has 0 unspecified atom stereocenters. The molecule has 0 radical (unpaired) electrons. The molecule has 1 heterocycles. The summed E-state index contributed by atoms with van der Waals surface area (Å²) < 4.78 is 20.5. The van der Waals surface area contributed by atoms with E-state index < -0.39 is 29.4 Å². The summed E-state index contributed by atoms with van der Waals surface area (Å²) in [4.78, 5) is 36.7. The standard InChI is InChI=1S/C53H65N3O8/c1-6-27-56(50(59)40-24-23-37-19-11-12-20-38(37)31-40)47-34-45(55-64-52(3,4)5)43-32-39(21-13-15-28-57)42(22-14-16-29-58)48-44-33-41(62-51(60)54-35-36-17-9-8-10-18-36)25-26-46(44)63-53(47,49(43)48)61-30-7-2/h7-12,17-20,23-26,31-33,39,42,47-49,57-58H,2,6,13-16,21-22,27-30,34-35H2,1,3-5H3,(H,54,60)/t39-,42+,47-,48+,49+,53+/m0/s1. The van der Waals surface area contributed by atoms with Crippen molar-refractivity contribution in [2.75, 3.05) is 26.4 Å². The van der Waals surface area contributed by atoms with Crippen molar-refractivity contribution in [2.24, 2.45) is 22.9 Å². The predicted octanol–water partition coefficient (Wildman–Crippen LogP) is 10.1. The predicted molar refractivity (Wildman–Crippen MR) is 250 cm³/mol. The summed E-state index contributed by atoms with van der Waals surface area (Å²) in [6.45, 7) is 13.1. The number of aliphatic hydroxyl groups excluding tert-OH is 2. The van der Waals surface area contributed by atoms with Crippen LogP contribution in [0.1, 0.15) is 106 Å². The van der Waals surface area contributed by atoms with E-state index in [1.165, 1.54) is 0 Å². The summed E-state index contributed by atoms with van der Waals surface area (Å²) in [5.74, 6) is -1.33. The summed E-state index contributed by atoms with van der Waals surface area (Å²) in [6, 6.07) is 28.4. The number of hydrogen-bond donors (Lipinski definition) is 3. The second-order valence-corrected chi connectivity index (χ2v) is 18.3. The molecule has 11 nitrogen and oxygen atoms in total. The molecule has 1 aliphatic heterocycles. The van der Waals surface area contributed by atoms with Gasteiger partial charge in [0.1, 0.15) is 23.1 Å². The smallest absolute Gasteiger partial charge is 0.412 e. The van der Waals surface area contributed by atoms with Gasteiger partial charge in [-0.3, -0.25) is 4.79 Å². The Kier molecular flexibility index (Phi) is 15.3. The summed E-state index contributed by atoms with van der Waals surface area (Å²) in [6.07, 6.45) is 8.91. The van der Waals surface area contributed by atoms with Crippen LogP contribution in [0.15, 0.2) is 120 Å². The largest absolute Gasteiger partial charge is 0.459 e. The normalized spacial score (nSPS) is 23.0. The molecule has 1 fully saturated rings. The Hall–Kier alpha value is -5.49. The van der Waals surface area contributed by atoms with Crippen molar-refractivity contribution in [3.05, 3.63) is 132 Å². The van der Waals surface area contributed by atoms with Gasteiger partial charge in [-0.1, -0.05) is 97.7 Å². The SMILES string of the molecule is C=CCO[C@@]12Oc3ccc(OC(=O)NCc4ccccc4)cc3[C@H]3[C@H](CCCCO)[C@@H](CCCCO)C=C(C(=NOC(C)(C)C)C[C@@H]1N(CCC)C(=O)c1ccc4ccccc4c1)[C@H]32. The van der Waals surface area contributed by atoms with E-state index in [-0.39, 0.29) is 49.9 Å². The second kappa shape index (κ2) is 21.0. The van der Waals surface area contributed by atoms with Gasteiger partial charge in [0, 0.05) is 49.8 Å². The van der Waals surface area contributed by atoms with Gasteiger partial charge in [-0.15, -0.1) is 6.58 Å². The van der Waals surface area contributed by atoms with Crippen LogP contribution in [0.25, 0.3) is 10.8 Å². The lowest BCUT2D eigenvalue weighted by Gasteiger charge is -2.60. The van der Waals surface area contributed by atoms with E-state index in [9.17, 15) is 15.0 Å². The molecule has 340 valence electrons. The average Bonchev–Trinajstić information content (AvgIpc) is 3.29. The number of allylic oxidation sites excluding steroid dienone is 1. The Balaban J connectivity index is 1.41. The fourth-order valence-corrected chi connectivity index (χ4v) is 9.95. The van der Waals surface area contributed by atoms with Crippen molar-refractivity contribution in [2.45, 2.75) is 109 Å². The number of unbranched alkanes of at least 4 members (excludes halogenated alkanes) is 2. The fourth-order valence-electron chi connectivity index (χ4n) is 9.95. The quantitative estimate of drug-likeness (QED) is 0.0481. The molecule has 64 heavy (non-hydrogen) atoms. The summed E-state index contributed by atoms with van der Waals surface area (Å²) in [5, 5.41) is 29.8. The van der Waals surface area contributed by atoms with Crippen molar-refractivity contribution in [3.8, 4) is 11.5 Å². The fraction of sp³-hybridized carbons (Fsp3) is 0.453. The monoisotopic (exact) mass is 871 g/mol. The minimum atomic E-state index is -1.42. The lowest BCUT2D eigenvalue weighted by atomic mass is 9.55. The topological polar surface area (TPSA) is 139 Å². The van der Waals surface area contributed by atoms with Crippen LogP contribution in [0.3, 0.4) is 0 Å². The van der Waals surface area contributed by atoms with E-state index >= 15 is 4.79 Å². The van der Waals surface area contributed by atoms with Gasteiger partial charge >= 0.3 is 6.09 Å². The van der Waals surface area contributed by atoms with Crippen molar-refractivity contribution in [3.63, 3.8) is 0 Å². The molecule has 0 bridgehead atoms. The number of nitrogens with one attached hydrogen (secondary N) is 1. The highest BCUT2D eigenvalue weighted by Crippen LogP contribution is 2.62. The minimum absolute atomic E-state index is 0.00913. The highest BCUT2D eigenvalue weighted by Gasteiger charge is 2.65. The van der Waals surface area contributed by atoms with Gasteiger partial charge in [0.25, 0.3) is 5.91 Å². The third-order valence-electron chi connectivity index (χ3n) is 12.7. The molecular weight excluding hydrogens is 807 g/mol. The van der Waals surface area contributed by atoms with Crippen LogP contribution in [0.2, 0.25) is 0 Å². The molecule has 6 atom stereocenters. The van der Waals surface area contributed by atoms with E-state index in [1.54, 1.807) is 12.1 Å². The van der Waals surface area contributed by atoms with Gasteiger partial charge in [-0.25, -0.2) is 4.79 Å². The maximum atomic E-state index is 15.2. The van der Waals surface area contributed by atoms with Crippen molar-refractivity contribution in [1.29, 1.82) is 0 Å². The Labute approximate surface area is 378 Å². The van der Waals surface area contributed by atoms with Crippen LogP contribution in [-0.4, -0.2) is 76.6 Å². The minimum Gasteiger partial charge on any atom is -0.459 e. The Morgan fingerprint density at radius 1 is 0.938 bits per heavy atom. The van der Waals surface area contributed by atoms with Crippen LogP contribution in [0, 0.1) is 17.8 Å². The van der Waals surface area contributed by atoms with Gasteiger partial charge in [-0.2, -0.15) is 0 Å². The number of aliphatic hydroxyl groups is 2. The zero-order chi connectivity index (χ0) is 45.3. The molecule has 4 aromatic rings. The molecule has 2 aliphatic carbocycles. The molecule has 7 rings (SSSR count). The number of fused-ring (bicyclic) bond motifs is 3. The lowest BCUT2D eigenvalue weighted by Crippen LogP contribution is -2.70. The number of carbonyl (C=O) groups excluding carboxylic acids is 2. The highest BCUT2D eigenvalue weighted by atomic mass is 16.7. The molecule has 1 saturated carbocycles.